The van der Waals surface area contributed by atoms with Gasteiger partial charge in [-0.05, 0) is 59.5 Å². The minimum atomic E-state index is -0.114. The number of nitrogens with one attached hydrogen (secondary N) is 1. The van der Waals surface area contributed by atoms with Gasteiger partial charge in [0, 0.05) is 23.6 Å². The topological polar surface area (TPSA) is 87.8 Å². The number of amides is 1. The Bertz CT molecular complexity index is 1030. The Labute approximate surface area is 201 Å². The number of aliphatic hydroxyl groups is 1. The molecule has 3 rings (SSSR count). The summed E-state index contributed by atoms with van der Waals surface area (Å²) in [7, 11) is 0. The van der Waals surface area contributed by atoms with Crippen LogP contribution in [0.4, 0.5) is 17.1 Å². The molecule has 6 nitrogen and oxygen atoms in total. The highest BCUT2D eigenvalue weighted by Crippen LogP contribution is 2.22. The van der Waals surface area contributed by atoms with E-state index in [1.54, 1.807) is 0 Å². The molecule has 4 N–H and O–H groups in total. The molecular weight excluding hydrogens is 438 g/mol. The fourth-order valence-electron chi connectivity index (χ4n) is 3.40. The number of nitrogen functional groups attached to an aromatic ring is 1. The number of aliphatic hydroxyl groups excluding tert-OH is 1. The number of carbonyl (C=O) groups is 1. The molecule has 176 valence electrons. The Hall–Kier alpha value is -3.22. The number of nitrogens with zero attached hydrogens (tertiary/aromatic N) is 1. The predicted octanol–water partition coefficient (Wildman–Crippen LogP) is 4.83. The molecule has 0 saturated carbocycles. The fourth-order valence-corrected chi connectivity index (χ4v) is 3.40. The third-order valence-corrected chi connectivity index (χ3v) is 5.06. The quantitative estimate of drug-likeness (QED) is 0.370. The third-order valence-electron chi connectivity index (χ3n) is 5.06. The van der Waals surface area contributed by atoms with Crippen LogP contribution >= 0.6 is 12.4 Å². The second-order valence-electron chi connectivity index (χ2n) is 8.00. The SMILES string of the molecule is CC(C)c1ccc(NC(=O)CN(Cc2cccc(OCCO)c2)c2cccc(N)c2)cc1.Cl. The van der Waals surface area contributed by atoms with E-state index in [-0.39, 0.29) is 38.1 Å². The minimum absolute atomic E-state index is 0. The van der Waals surface area contributed by atoms with Gasteiger partial charge in [-0.2, -0.15) is 0 Å². The average Bonchev–Trinajstić information content (AvgIpc) is 2.78. The molecule has 0 atom stereocenters. The fraction of sp³-hybridized carbons (Fsp3) is 0.269. The molecule has 3 aromatic carbocycles. The average molecular weight is 470 g/mol. The van der Waals surface area contributed by atoms with E-state index in [0.29, 0.717) is 23.9 Å². The molecule has 0 radical (unpaired) electrons. The van der Waals surface area contributed by atoms with Crippen LogP contribution in [0.3, 0.4) is 0 Å². The first-order valence-electron chi connectivity index (χ1n) is 10.8. The van der Waals surface area contributed by atoms with E-state index < -0.39 is 0 Å². The summed E-state index contributed by atoms with van der Waals surface area (Å²) in [5.74, 6) is 1.01. The van der Waals surface area contributed by atoms with Crippen molar-refractivity contribution in [2.45, 2.75) is 26.3 Å². The molecular formula is C26H32ClN3O3. The largest absolute Gasteiger partial charge is 0.491 e. The normalized spacial score (nSPS) is 10.4. The number of nitrogens with two attached hydrogens (primary N) is 1. The number of hydrogen-bond acceptors (Lipinski definition) is 5. The molecule has 0 aromatic heterocycles. The summed E-state index contributed by atoms with van der Waals surface area (Å²) in [5, 5.41) is 12.0. The summed E-state index contributed by atoms with van der Waals surface area (Å²) in [6, 6.07) is 23.1. The molecule has 33 heavy (non-hydrogen) atoms. The monoisotopic (exact) mass is 469 g/mol. The van der Waals surface area contributed by atoms with Gasteiger partial charge >= 0.3 is 0 Å². The van der Waals surface area contributed by atoms with E-state index in [2.05, 4.69) is 19.2 Å². The molecule has 0 aliphatic rings. The van der Waals surface area contributed by atoms with Gasteiger partial charge in [-0.1, -0.05) is 44.2 Å². The van der Waals surface area contributed by atoms with Crippen molar-refractivity contribution < 1.29 is 14.6 Å². The summed E-state index contributed by atoms with van der Waals surface area (Å²) >= 11 is 0. The highest BCUT2D eigenvalue weighted by Gasteiger charge is 2.14. The third kappa shape index (κ3) is 8.00. The zero-order valence-electron chi connectivity index (χ0n) is 19.0. The van der Waals surface area contributed by atoms with E-state index in [1.807, 2.05) is 77.7 Å². The number of benzene rings is 3. The van der Waals surface area contributed by atoms with Crippen LogP contribution in [0.25, 0.3) is 0 Å². The lowest BCUT2D eigenvalue weighted by Gasteiger charge is -2.25. The highest BCUT2D eigenvalue weighted by molar-refractivity contribution is 5.94. The van der Waals surface area contributed by atoms with Crippen molar-refractivity contribution in [1.82, 2.24) is 0 Å². The number of ether oxygens (including phenoxy) is 1. The molecule has 3 aromatic rings. The molecule has 0 aliphatic heterocycles. The predicted molar refractivity (Wildman–Crippen MR) is 137 cm³/mol. The maximum Gasteiger partial charge on any atom is 0.243 e. The maximum atomic E-state index is 12.9. The first-order chi connectivity index (χ1) is 15.4. The summed E-state index contributed by atoms with van der Waals surface area (Å²) in [4.78, 5) is 14.8. The lowest BCUT2D eigenvalue weighted by molar-refractivity contribution is -0.115. The van der Waals surface area contributed by atoms with Crippen molar-refractivity contribution in [3.8, 4) is 5.75 Å². The molecule has 0 saturated heterocycles. The molecule has 0 unspecified atom stereocenters. The van der Waals surface area contributed by atoms with Gasteiger partial charge < -0.3 is 25.8 Å². The van der Waals surface area contributed by atoms with E-state index >= 15 is 0 Å². The van der Waals surface area contributed by atoms with Crippen molar-refractivity contribution in [3.05, 3.63) is 83.9 Å². The van der Waals surface area contributed by atoms with Gasteiger partial charge in [0.1, 0.15) is 12.4 Å². The minimum Gasteiger partial charge on any atom is -0.491 e. The lowest BCUT2D eigenvalue weighted by atomic mass is 10.0. The van der Waals surface area contributed by atoms with Crippen LogP contribution in [0.5, 0.6) is 5.75 Å². The Morgan fingerprint density at radius 1 is 1.06 bits per heavy atom. The van der Waals surface area contributed by atoms with Crippen molar-refractivity contribution in [2.24, 2.45) is 0 Å². The van der Waals surface area contributed by atoms with Crippen LogP contribution < -0.4 is 20.7 Å². The summed E-state index contributed by atoms with van der Waals surface area (Å²) in [6.07, 6.45) is 0. The van der Waals surface area contributed by atoms with Crippen LogP contribution in [0, 0.1) is 0 Å². The van der Waals surface area contributed by atoms with Crippen LogP contribution in [-0.4, -0.2) is 30.8 Å². The summed E-state index contributed by atoms with van der Waals surface area (Å²) in [6.45, 7) is 5.14. The van der Waals surface area contributed by atoms with Gasteiger partial charge in [0.25, 0.3) is 0 Å². The molecule has 7 heteroatoms. The number of halogens is 1. The Kier molecular flexibility index (Phi) is 10.0. The lowest BCUT2D eigenvalue weighted by Crippen LogP contribution is -2.33. The molecule has 0 heterocycles. The molecule has 1 amide bonds. The van der Waals surface area contributed by atoms with Gasteiger partial charge in [0.05, 0.1) is 13.2 Å². The van der Waals surface area contributed by atoms with E-state index in [0.717, 1.165) is 16.9 Å². The second-order valence-corrected chi connectivity index (χ2v) is 8.00. The van der Waals surface area contributed by atoms with Crippen molar-refractivity contribution >= 4 is 35.4 Å². The molecule has 0 bridgehead atoms. The smallest absolute Gasteiger partial charge is 0.243 e. The first kappa shape index (κ1) is 26.0. The Morgan fingerprint density at radius 2 is 1.79 bits per heavy atom. The molecule has 0 fully saturated rings. The number of rotatable bonds is 10. The van der Waals surface area contributed by atoms with Crippen molar-refractivity contribution in [1.29, 1.82) is 0 Å². The van der Waals surface area contributed by atoms with Gasteiger partial charge in [-0.3, -0.25) is 4.79 Å². The molecule has 0 aliphatic carbocycles. The number of anilines is 3. The van der Waals surface area contributed by atoms with Crippen molar-refractivity contribution in [2.75, 3.05) is 35.7 Å². The van der Waals surface area contributed by atoms with Gasteiger partial charge in [0.2, 0.25) is 5.91 Å². The van der Waals surface area contributed by atoms with Crippen LogP contribution in [0.2, 0.25) is 0 Å². The molecule has 0 spiro atoms. The zero-order chi connectivity index (χ0) is 22.9. The van der Waals surface area contributed by atoms with E-state index in [1.165, 1.54) is 5.56 Å². The maximum absolute atomic E-state index is 12.9. The van der Waals surface area contributed by atoms with Crippen LogP contribution in [-0.2, 0) is 11.3 Å². The zero-order valence-corrected chi connectivity index (χ0v) is 19.8. The van der Waals surface area contributed by atoms with E-state index in [4.69, 9.17) is 15.6 Å². The van der Waals surface area contributed by atoms with Crippen molar-refractivity contribution in [3.63, 3.8) is 0 Å². The highest BCUT2D eigenvalue weighted by atomic mass is 35.5. The number of carbonyl (C=O) groups excluding carboxylic acids is 1. The van der Waals surface area contributed by atoms with Gasteiger partial charge in [-0.15, -0.1) is 12.4 Å². The van der Waals surface area contributed by atoms with Crippen LogP contribution in [0.1, 0.15) is 30.9 Å². The summed E-state index contributed by atoms with van der Waals surface area (Å²) < 4.78 is 5.52. The summed E-state index contributed by atoms with van der Waals surface area (Å²) in [5.41, 5.74) is 10.5. The first-order valence-corrected chi connectivity index (χ1v) is 10.8. The Balaban J connectivity index is 0.00000385. The van der Waals surface area contributed by atoms with E-state index in [9.17, 15) is 4.79 Å². The standard InChI is InChI=1S/C26H31N3O3.ClH/c1-19(2)21-9-11-23(12-10-21)28-26(31)18-29(24-7-4-6-22(27)16-24)17-20-5-3-8-25(15-20)32-14-13-30;/h3-12,15-16,19,30H,13-14,17-18,27H2,1-2H3,(H,28,31);1H. The van der Waals surface area contributed by atoms with Gasteiger partial charge in [0.15, 0.2) is 0 Å². The van der Waals surface area contributed by atoms with Gasteiger partial charge in [-0.25, -0.2) is 0 Å². The Morgan fingerprint density at radius 3 is 2.45 bits per heavy atom. The number of hydrogen-bond donors (Lipinski definition) is 3. The van der Waals surface area contributed by atoms with Crippen LogP contribution in [0.15, 0.2) is 72.8 Å². The second kappa shape index (κ2) is 12.7.